The molecule has 2 saturated heterocycles. The Labute approximate surface area is 261 Å². The number of aromatic nitrogens is 3. The molecule has 0 saturated carbocycles. The van der Waals surface area contributed by atoms with Crippen LogP contribution in [0.25, 0.3) is 0 Å². The number of amides is 1. The van der Waals surface area contributed by atoms with Crippen LogP contribution >= 0.6 is 0 Å². The average Bonchev–Trinajstić information content (AvgIpc) is 3.00. The number of carbonyl (C=O) groups excluding carboxylic acids is 2. The fourth-order valence-electron chi connectivity index (χ4n) is 5.60. The van der Waals surface area contributed by atoms with Crippen molar-refractivity contribution in [2.24, 2.45) is 22.9 Å². The average molecular weight is 620 g/mol. The summed E-state index contributed by atoms with van der Waals surface area (Å²) in [6.45, 7) is 2.24. The highest BCUT2D eigenvalue weighted by molar-refractivity contribution is 6.11. The molecule has 2 fully saturated rings. The smallest absolute Gasteiger partial charge is 0.233 e. The molecule has 2 aliphatic heterocycles. The van der Waals surface area contributed by atoms with Gasteiger partial charge in [-0.05, 0) is 49.2 Å². The van der Waals surface area contributed by atoms with Crippen molar-refractivity contribution >= 4 is 40.9 Å². The van der Waals surface area contributed by atoms with Crippen LogP contribution < -0.4 is 52.8 Å². The van der Waals surface area contributed by atoms with Gasteiger partial charge in [0.25, 0.3) is 0 Å². The molecule has 2 aliphatic rings. The molecule has 5 rings (SSSR count). The van der Waals surface area contributed by atoms with Crippen molar-refractivity contribution in [1.29, 1.82) is 0 Å². The third kappa shape index (κ3) is 8.13. The summed E-state index contributed by atoms with van der Waals surface area (Å²) in [6.07, 6.45) is 1.09. The standard InChI is InChI=1S/C30H41N11O4/c1-44-23-7-8-26(45-2)24(11-23)36-27(43)12-25(42)17-3-5-22(6-4-17)35-28-37-29(40-13-18(31)9-19(32)14-40)39-30(38-28)41-15-20(33)10-21(34)16-41/h3-8,11,18-21H,9-10,12-16,31-34H2,1-2H3,(H,36,43)(H,35,37,38,39)/t18-,19+,20-,21+. The Morgan fingerprint density at radius 2 is 1.36 bits per heavy atom. The van der Waals surface area contributed by atoms with Crippen molar-refractivity contribution < 1.29 is 19.1 Å². The number of carbonyl (C=O) groups is 2. The van der Waals surface area contributed by atoms with Gasteiger partial charge in [0, 0.05) is 67.7 Å². The molecule has 4 atom stereocenters. The van der Waals surface area contributed by atoms with Crippen molar-refractivity contribution in [2.75, 3.05) is 60.8 Å². The molecule has 0 radical (unpaired) electrons. The molecule has 3 aromatic rings. The number of piperidine rings is 2. The first kappa shape index (κ1) is 31.8. The first-order valence-corrected chi connectivity index (χ1v) is 14.8. The van der Waals surface area contributed by atoms with Crippen molar-refractivity contribution in [2.45, 2.75) is 43.4 Å². The molecule has 45 heavy (non-hydrogen) atoms. The van der Waals surface area contributed by atoms with Crippen LogP contribution in [-0.4, -0.2) is 91.2 Å². The number of Topliss-reactive ketones (excluding diaryl/α,β-unsaturated/α-hetero) is 1. The highest BCUT2D eigenvalue weighted by atomic mass is 16.5. The van der Waals surface area contributed by atoms with Crippen molar-refractivity contribution in [3.8, 4) is 11.5 Å². The van der Waals surface area contributed by atoms with Gasteiger partial charge in [-0.15, -0.1) is 0 Å². The topological polar surface area (TPSA) is 226 Å². The lowest BCUT2D eigenvalue weighted by Gasteiger charge is -2.37. The van der Waals surface area contributed by atoms with Gasteiger partial charge in [-0.3, -0.25) is 9.59 Å². The highest BCUT2D eigenvalue weighted by Gasteiger charge is 2.29. The summed E-state index contributed by atoms with van der Waals surface area (Å²) in [7, 11) is 3.02. The van der Waals surface area contributed by atoms with Crippen LogP contribution in [-0.2, 0) is 4.79 Å². The third-order valence-corrected chi connectivity index (χ3v) is 7.67. The molecule has 0 bridgehead atoms. The second-order valence-electron chi connectivity index (χ2n) is 11.5. The van der Waals surface area contributed by atoms with Gasteiger partial charge in [-0.25, -0.2) is 0 Å². The van der Waals surface area contributed by atoms with E-state index < -0.39 is 5.91 Å². The van der Waals surface area contributed by atoms with E-state index in [-0.39, 0.29) is 36.4 Å². The number of nitrogens with one attached hydrogen (secondary N) is 2. The molecule has 10 N–H and O–H groups in total. The Morgan fingerprint density at radius 1 is 0.800 bits per heavy atom. The third-order valence-electron chi connectivity index (χ3n) is 7.67. The van der Waals surface area contributed by atoms with E-state index in [2.05, 4.69) is 20.6 Å². The van der Waals surface area contributed by atoms with E-state index in [4.69, 9.17) is 37.4 Å². The number of rotatable bonds is 10. The second-order valence-corrected chi connectivity index (χ2v) is 11.5. The van der Waals surface area contributed by atoms with Crippen LogP contribution in [0.4, 0.5) is 29.2 Å². The second kappa shape index (κ2) is 14.0. The van der Waals surface area contributed by atoms with Crippen molar-refractivity contribution in [1.82, 2.24) is 15.0 Å². The van der Waals surface area contributed by atoms with Crippen LogP contribution in [0.1, 0.15) is 29.6 Å². The van der Waals surface area contributed by atoms with Crippen LogP contribution in [0.2, 0.25) is 0 Å². The summed E-state index contributed by atoms with van der Waals surface area (Å²) >= 11 is 0. The molecule has 1 amide bonds. The number of ketones is 1. The molecule has 1 aromatic heterocycles. The van der Waals surface area contributed by atoms with Gasteiger partial charge in [-0.1, -0.05) is 0 Å². The summed E-state index contributed by atoms with van der Waals surface area (Å²) in [5.74, 6) is 1.38. The number of benzene rings is 2. The minimum Gasteiger partial charge on any atom is -0.497 e. The monoisotopic (exact) mass is 619 g/mol. The molecular weight excluding hydrogens is 578 g/mol. The molecule has 3 heterocycles. The van der Waals surface area contributed by atoms with Crippen LogP contribution in [0.15, 0.2) is 42.5 Å². The lowest BCUT2D eigenvalue weighted by Crippen LogP contribution is -2.54. The van der Waals surface area contributed by atoms with Gasteiger partial charge < -0.3 is 52.8 Å². The SMILES string of the molecule is COc1ccc(OC)c(NC(=O)CC(=O)c2ccc(Nc3nc(N4C[C@H](N)C[C@H](N)C4)nc(N4C[C@H](N)C[C@H](N)C4)n3)cc2)c1. The van der Waals surface area contributed by atoms with Gasteiger partial charge >= 0.3 is 0 Å². The molecule has 0 unspecified atom stereocenters. The molecule has 15 nitrogen and oxygen atoms in total. The number of hydrogen-bond donors (Lipinski definition) is 6. The number of methoxy groups -OCH3 is 2. The number of hydrogen-bond acceptors (Lipinski definition) is 14. The fourth-order valence-corrected chi connectivity index (χ4v) is 5.60. The lowest BCUT2D eigenvalue weighted by molar-refractivity contribution is -0.115. The minimum absolute atomic E-state index is 0.105. The van der Waals surface area contributed by atoms with Crippen LogP contribution in [0.5, 0.6) is 11.5 Å². The number of anilines is 5. The molecule has 2 aromatic carbocycles. The Bertz CT molecular complexity index is 1440. The zero-order valence-electron chi connectivity index (χ0n) is 25.5. The van der Waals surface area contributed by atoms with E-state index in [1.807, 2.05) is 9.80 Å². The molecular formula is C30H41N11O4. The van der Waals surface area contributed by atoms with E-state index in [0.717, 1.165) is 12.8 Å². The highest BCUT2D eigenvalue weighted by Crippen LogP contribution is 2.29. The van der Waals surface area contributed by atoms with E-state index in [1.54, 1.807) is 42.5 Å². The van der Waals surface area contributed by atoms with E-state index in [1.165, 1.54) is 14.2 Å². The fraction of sp³-hybridized carbons (Fsp3) is 0.433. The first-order valence-electron chi connectivity index (χ1n) is 14.8. The maximum absolute atomic E-state index is 12.9. The maximum Gasteiger partial charge on any atom is 0.233 e. The molecule has 15 heteroatoms. The quantitative estimate of drug-likeness (QED) is 0.135. The lowest BCUT2D eigenvalue weighted by atomic mass is 10.0. The summed E-state index contributed by atoms with van der Waals surface area (Å²) in [6, 6.07) is 11.3. The van der Waals surface area contributed by atoms with Crippen molar-refractivity contribution in [3.63, 3.8) is 0 Å². The van der Waals surface area contributed by atoms with Crippen LogP contribution in [0.3, 0.4) is 0 Å². The summed E-state index contributed by atoms with van der Waals surface area (Å²) < 4.78 is 10.5. The Balaban J connectivity index is 1.30. The van der Waals surface area contributed by atoms with Gasteiger partial charge in [0.05, 0.1) is 26.3 Å². The van der Waals surface area contributed by atoms with E-state index in [0.29, 0.717) is 72.5 Å². The Hall–Kier alpha value is -4.57. The van der Waals surface area contributed by atoms with Gasteiger partial charge in [-0.2, -0.15) is 15.0 Å². The van der Waals surface area contributed by atoms with E-state index >= 15 is 0 Å². The summed E-state index contributed by atoms with van der Waals surface area (Å²) in [5.41, 5.74) is 26.4. The normalized spacial score (nSPS) is 21.6. The van der Waals surface area contributed by atoms with Gasteiger partial charge in [0.2, 0.25) is 23.8 Å². The Kier molecular flexibility index (Phi) is 9.93. The molecule has 240 valence electrons. The summed E-state index contributed by atoms with van der Waals surface area (Å²) in [5, 5.41) is 5.93. The predicted octanol–water partition coefficient (Wildman–Crippen LogP) is 0.573. The zero-order valence-corrected chi connectivity index (χ0v) is 25.5. The zero-order chi connectivity index (χ0) is 32.1. The molecule has 0 aliphatic carbocycles. The number of ether oxygens (including phenoxy) is 2. The van der Waals surface area contributed by atoms with Gasteiger partial charge in [0.1, 0.15) is 11.5 Å². The minimum atomic E-state index is -0.478. The van der Waals surface area contributed by atoms with Crippen LogP contribution in [0, 0.1) is 0 Å². The predicted molar refractivity (Wildman–Crippen MR) is 172 cm³/mol. The summed E-state index contributed by atoms with van der Waals surface area (Å²) in [4.78, 5) is 43.6. The Morgan fingerprint density at radius 3 is 1.87 bits per heavy atom. The first-order chi connectivity index (χ1) is 21.6. The molecule has 0 spiro atoms. The number of nitrogens with two attached hydrogens (primary N) is 4. The number of nitrogens with zero attached hydrogens (tertiary/aromatic N) is 5. The van der Waals surface area contributed by atoms with Gasteiger partial charge in [0.15, 0.2) is 5.78 Å². The maximum atomic E-state index is 12.9. The van der Waals surface area contributed by atoms with Crippen molar-refractivity contribution in [3.05, 3.63) is 48.0 Å². The van der Waals surface area contributed by atoms with E-state index in [9.17, 15) is 9.59 Å². The largest absolute Gasteiger partial charge is 0.497 e.